The van der Waals surface area contributed by atoms with E-state index in [2.05, 4.69) is 96.4 Å². The van der Waals surface area contributed by atoms with Gasteiger partial charge in [0.25, 0.3) is 0 Å². The number of hydrogen-bond acceptors (Lipinski definition) is 1. The van der Waals surface area contributed by atoms with Crippen LogP contribution in [-0.2, 0) is 5.54 Å². The Morgan fingerprint density at radius 2 is 1.36 bits per heavy atom. The summed E-state index contributed by atoms with van der Waals surface area (Å²) in [6.07, 6.45) is 1.19. The van der Waals surface area contributed by atoms with E-state index < -0.39 is 0 Å². The van der Waals surface area contributed by atoms with Crippen molar-refractivity contribution in [2.75, 3.05) is 6.54 Å². The Morgan fingerprint density at radius 1 is 0.909 bits per heavy atom. The van der Waals surface area contributed by atoms with Gasteiger partial charge in [0.05, 0.1) is 5.54 Å². The third-order valence-corrected chi connectivity index (χ3v) is 5.62. The lowest BCUT2D eigenvalue weighted by molar-refractivity contribution is 0.130. The van der Waals surface area contributed by atoms with Gasteiger partial charge in [0, 0.05) is 0 Å². The number of benzene rings is 2. The van der Waals surface area contributed by atoms with Crippen molar-refractivity contribution in [1.82, 2.24) is 4.57 Å². The minimum atomic E-state index is -0.113. The molecule has 1 heterocycles. The van der Waals surface area contributed by atoms with Crippen LogP contribution in [0.4, 0.5) is 0 Å². The van der Waals surface area contributed by atoms with E-state index in [0.717, 1.165) is 6.54 Å². The Kier molecular flexibility index (Phi) is 4.00. The van der Waals surface area contributed by atoms with E-state index in [-0.39, 0.29) is 11.0 Å². The average Bonchev–Trinajstić information content (AvgIpc) is 2.87. The topological polar surface area (TPSA) is 3.24 Å². The Hall–Kier alpha value is -1.38. The maximum atomic E-state index is 3.96. The van der Waals surface area contributed by atoms with Crippen LogP contribution < -0.4 is 0 Å². The van der Waals surface area contributed by atoms with Gasteiger partial charge in [-0.25, -0.2) is 0 Å². The molecule has 0 N–H and O–H groups in total. The van der Waals surface area contributed by atoms with Gasteiger partial charge in [-0.2, -0.15) is 0 Å². The van der Waals surface area contributed by atoms with E-state index in [4.69, 9.17) is 0 Å². The van der Waals surface area contributed by atoms with E-state index in [1.807, 2.05) is 0 Å². The zero-order valence-corrected chi connectivity index (χ0v) is 14.7. The van der Waals surface area contributed by atoms with Gasteiger partial charge in [0.1, 0.15) is 10.4 Å². The molecule has 0 aromatic heterocycles. The summed E-state index contributed by atoms with van der Waals surface area (Å²) >= 11 is 0. The van der Waals surface area contributed by atoms with E-state index in [1.54, 1.807) is 0 Å². The third-order valence-electron chi connectivity index (χ3n) is 5.04. The Balaban J connectivity index is 2.27. The Labute approximate surface area is 137 Å². The summed E-state index contributed by atoms with van der Waals surface area (Å²) in [7, 11) is 3.96. The Morgan fingerprint density at radius 3 is 1.77 bits per heavy atom. The number of rotatable bonds is 2. The summed E-state index contributed by atoms with van der Waals surface area (Å²) in [4.78, 5) is 0. The monoisotopic (exact) mass is 306 g/mol. The molecule has 1 nitrogen and oxygen atoms in total. The standard InChI is InChI=1S/C20H24NSi/c1-19(2,3)18-14-15-21(22)20(18,16-10-6-4-7-11-16)17-12-8-5-9-13-17/h4-13,18H,14-15H2,1-3H3/t18-/m0/s1. The Bertz CT molecular complexity index is 576. The van der Waals surface area contributed by atoms with E-state index in [0.29, 0.717) is 5.92 Å². The quantitative estimate of drug-likeness (QED) is 0.744. The smallest absolute Gasteiger partial charge is 0.144 e. The maximum absolute atomic E-state index is 3.96. The molecule has 2 heteroatoms. The van der Waals surface area contributed by atoms with Gasteiger partial charge in [-0.1, -0.05) is 81.4 Å². The van der Waals surface area contributed by atoms with Crippen molar-refractivity contribution >= 4 is 10.4 Å². The highest BCUT2D eigenvalue weighted by Gasteiger charge is 2.53. The molecule has 0 unspecified atom stereocenters. The van der Waals surface area contributed by atoms with Crippen molar-refractivity contribution in [2.24, 2.45) is 11.3 Å². The van der Waals surface area contributed by atoms with Gasteiger partial charge in [0.2, 0.25) is 0 Å². The molecule has 1 aliphatic heterocycles. The zero-order chi connectivity index (χ0) is 15.8. The lowest BCUT2D eigenvalue weighted by atomic mass is 9.64. The molecular formula is C20H24NSi. The second-order valence-corrected chi connectivity index (χ2v) is 7.90. The van der Waals surface area contributed by atoms with Crippen molar-refractivity contribution in [3.63, 3.8) is 0 Å². The molecule has 0 bridgehead atoms. The van der Waals surface area contributed by atoms with E-state index >= 15 is 0 Å². The van der Waals surface area contributed by atoms with Crippen LogP contribution in [-0.4, -0.2) is 21.5 Å². The first-order valence-corrected chi connectivity index (χ1v) is 8.52. The van der Waals surface area contributed by atoms with E-state index in [1.165, 1.54) is 17.5 Å². The second kappa shape index (κ2) is 5.67. The molecule has 1 saturated heterocycles. The first-order valence-electron chi connectivity index (χ1n) is 8.07. The van der Waals surface area contributed by atoms with E-state index in [9.17, 15) is 0 Å². The minimum absolute atomic E-state index is 0.113. The fourth-order valence-corrected chi connectivity index (χ4v) is 4.70. The molecule has 22 heavy (non-hydrogen) atoms. The zero-order valence-electron chi connectivity index (χ0n) is 13.7. The summed E-state index contributed by atoms with van der Waals surface area (Å²) in [6, 6.07) is 21.9. The number of hydrogen-bond donors (Lipinski definition) is 0. The first-order chi connectivity index (χ1) is 10.5. The lowest BCUT2D eigenvalue weighted by Crippen LogP contribution is -2.48. The maximum Gasteiger partial charge on any atom is 0.144 e. The predicted molar refractivity (Wildman–Crippen MR) is 93.7 cm³/mol. The fourth-order valence-electron chi connectivity index (χ4n) is 4.16. The average molecular weight is 307 g/mol. The second-order valence-electron chi connectivity index (χ2n) is 7.36. The SMILES string of the molecule is CC(C)(C)[C@@H]1CCN([Si])C1(c1ccccc1)c1ccccc1. The number of nitrogens with zero attached hydrogens (tertiary/aromatic N) is 1. The molecule has 1 aliphatic rings. The third kappa shape index (κ3) is 2.35. The predicted octanol–water partition coefficient (Wildman–Crippen LogP) is 4.38. The van der Waals surface area contributed by atoms with Crippen molar-refractivity contribution in [3.8, 4) is 0 Å². The largest absolute Gasteiger partial charge is 0.314 e. The molecule has 2 aromatic rings. The minimum Gasteiger partial charge on any atom is -0.314 e. The van der Waals surface area contributed by atoms with Crippen LogP contribution in [0, 0.1) is 11.3 Å². The molecule has 1 atom stereocenters. The highest BCUT2D eigenvalue weighted by atomic mass is 28.2. The molecule has 3 radical (unpaired) electrons. The van der Waals surface area contributed by atoms with Crippen molar-refractivity contribution in [1.29, 1.82) is 0 Å². The summed E-state index contributed by atoms with van der Waals surface area (Å²) in [5.41, 5.74) is 2.85. The molecule has 0 aliphatic carbocycles. The first kappa shape index (κ1) is 15.5. The molecule has 113 valence electrons. The molecule has 1 fully saturated rings. The normalized spacial score (nSPS) is 21.9. The van der Waals surface area contributed by atoms with Gasteiger partial charge < -0.3 is 4.57 Å². The summed E-state index contributed by atoms with van der Waals surface area (Å²) in [5, 5.41) is 0. The van der Waals surface area contributed by atoms with Crippen molar-refractivity contribution < 1.29 is 0 Å². The van der Waals surface area contributed by atoms with Crippen LogP contribution in [0.15, 0.2) is 60.7 Å². The van der Waals surface area contributed by atoms with Crippen LogP contribution in [0.5, 0.6) is 0 Å². The highest BCUT2D eigenvalue weighted by molar-refractivity contribution is 6.05. The van der Waals surface area contributed by atoms with Crippen molar-refractivity contribution in [3.05, 3.63) is 71.8 Å². The van der Waals surface area contributed by atoms with Gasteiger partial charge in [-0.3, -0.25) is 0 Å². The summed E-state index contributed by atoms with van der Waals surface area (Å²) < 4.78 is 2.37. The molecular weight excluding hydrogens is 282 g/mol. The van der Waals surface area contributed by atoms with Gasteiger partial charge in [-0.05, 0) is 35.4 Å². The van der Waals surface area contributed by atoms with Gasteiger partial charge >= 0.3 is 0 Å². The van der Waals surface area contributed by atoms with Gasteiger partial charge in [-0.15, -0.1) is 0 Å². The van der Waals surface area contributed by atoms with Crippen LogP contribution in [0.25, 0.3) is 0 Å². The molecule has 3 rings (SSSR count). The van der Waals surface area contributed by atoms with Gasteiger partial charge in [0.15, 0.2) is 0 Å². The molecule has 0 amide bonds. The van der Waals surface area contributed by atoms with Crippen LogP contribution in [0.3, 0.4) is 0 Å². The molecule has 0 spiro atoms. The fraction of sp³-hybridized carbons (Fsp3) is 0.400. The van der Waals surface area contributed by atoms with Crippen LogP contribution in [0.1, 0.15) is 38.3 Å². The molecule has 0 saturated carbocycles. The van der Waals surface area contributed by atoms with Crippen LogP contribution >= 0.6 is 0 Å². The summed E-state index contributed by atoms with van der Waals surface area (Å²) in [6.45, 7) is 8.15. The van der Waals surface area contributed by atoms with Crippen LogP contribution in [0.2, 0.25) is 0 Å². The lowest BCUT2D eigenvalue weighted by Gasteiger charge is -2.47. The highest BCUT2D eigenvalue weighted by Crippen LogP contribution is 2.53. The molecule has 2 aromatic carbocycles. The van der Waals surface area contributed by atoms with Crippen molar-refractivity contribution in [2.45, 2.75) is 32.7 Å². The summed E-state index contributed by atoms with van der Waals surface area (Å²) in [5.74, 6) is 0.544.